The van der Waals surface area contributed by atoms with Crippen molar-refractivity contribution in [1.29, 1.82) is 0 Å². The van der Waals surface area contributed by atoms with Crippen molar-refractivity contribution in [2.24, 2.45) is 0 Å². The van der Waals surface area contributed by atoms with E-state index in [1.807, 2.05) is 36.4 Å². The second-order valence-electron chi connectivity index (χ2n) is 5.57. The molecule has 0 saturated carbocycles. The van der Waals surface area contributed by atoms with Crippen LogP contribution in [0.3, 0.4) is 0 Å². The lowest BCUT2D eigenvalue weighted by Crippen LogP contribution is -2.23. The number of ether oxygens (including phenoxy) is 2. The summed E-state index contributed by atoms with van der Waals surface area (Å²) in [7, 11) is 1.37. The quantitative estimate of drug-likeness (QED) is 0.712. The first-order chi connectivity index (χ1) is 12.6. The molecule has 3 aromatic rings. The SMILES string of the molecule is COc1cc(CNC(=O)c2cccc3ccccc23)ccc1OC(F)F. The second kappa shape index (κ2) is 7.82. The highest BCUT2D eigenvalue weighted by molar-refractivity contribution is 6.06. The van der Waals surface area contributed by atoms with Crippen molar-refractivity contribution < 1.29 is 23.0 Å². The van der Waals surface area contributed by atoms with E-state index in [2.05, 4.69) is 10.1 Å². The summed E-state index contributed by atoms with van der Waals surface area (Å²) in [5, 5.41) is 4.68. The molecule has 0 saturated heterocycles. The van der Waals surface area contributed by atoms with E-state index in [0.717, 1.165) is 10.8 Å². The smallest absolute Gasteiger partial charge is 0.387 e. The molecule has 0 atom stereocenters. The molecule has 0 aromatic heterocycles. The Morgan fingerprint density at radius 1 is 1.04 bits per heavy atom. The monoisotopic (exact) mass is 357 g/mol. The third-order valence-electron chi connectivity index (χ3n) is 3.93. The minimum atomic E-state index is -2.93. The summed E-state index contributed by atoms with van der Waals surface area (Å²) in [6.45, 7) is -2.70. The lowest BCUT2D eigenvalue weighted by Gasteiger charge is -2.12. The van der Waals surface area contributed by atoms with Crippen molar-refractivity contribution in [2.75, 3.05) is 7.11 Å². The first-order valence-electron chi connectivity index (χ1n) is 7.96. The summed E-state index contributed by atoms with van der Waals surface area (Å²) in [5.74, 6) is -0.0810. The molecule has 0 fully saturated rings. The molecule has 0 bridgehead atoms. The van der Waals surface area contributed by atoms with Gasteiger partial charge in [0, 0.05) is 12.1 Å². The molecule has 0 aliphatic rings. The number of nitrogens with one attached hydrogen (secondary N) is 1. The van der Waals surface area contributed by atoms with Crippen LogP contribution in [0.1, 0.15) is 15.9 Å². The van der Waals surface area contributed by atoms with Crippen molar-refractivity contribution in [3.05, 3.63) is 71.8 Å². The highest BCUT2D eigenvalue weighted by Crippen LogP contribution is 2.29. The number of alkyl halides is 2. The lowest BCUT2D eigenvalue weighted by atomic mass is 10.0. The standard InChI is InChI=1S/C20H17F2NO3/c1-25-18-11-13(9-10-17(18)26-20(21)22)12-23-19(24)16-8-4-6-14-5-2-3-7-15(14)16/h2-11,20H,12H2,1H3,(H,23,24). The third-order valence-corrected chi connectivity index (χ3v) is 3.93. The normalized spacial score (nSPS) is 10.8. The maximum Gasteiger partial charge on any atom is 0.387 e. The fraction of sp³-hybridized carbons (Fsp3) is 0.150. The number of rotatable bonds is 6. The summed E-state index contributed by atoms with van der Waals surface area (Å²) in [6, 6.07) is 17.7. The van der Waals surface area contributed by atoms with E-state index < -0.39 is 6.61 Å². The van der Waals surface area contributed by atoms with Crippen LogP contribution in [0.25, 0.3) is 10.8 Å². The Hall–Kier alpha value is -3.15. The van der Waals surface area contributed by atoms with Gasteiger partial charge in [-0.3, -0.25) is 4.79 Å². The van der Waals surface area contributed by atoms with Crippen LogP contribution < -0.4 is 14.8 Å². The van der Waals surface area contributed by atoms with E-state index in [4.69, 9.17) is 4.74 Å². The summed E-state index contributed by atoms with van der Waals surface area (Å²) in [5.41, 5.74) is 1.28. The van der Waals surface area contributed by atoms with Gasteiger partial charge in [-0.1, -0.05) is 42.5 Å². The van der Waals surface area contributed by atoms with E-state index in [0.29, 0.717) is 11.1 Å². The minimum absolute atomic E-state index is 0.0494. The highest BCUT2D eigenvalue weighted by atomic mass is 19.3. The van der Waals surface area contributed by atoms with Gasteiger partial charge in [-0.25, -0.2) is 0 Å². The van der Waals surface area contributed by atoms with Crippen molar-refractivity contribution >= 4 is 16.7 Å². The van der Waals surface area contributed by atoms with Crippen LogP contribution in [0, 0.1) is 0 Å². The number of benzene rings is 3. The van der Waals surface area contributed by atoms with Gasteiger partial charge in [-0.2, -0.15) is 8.78 Å². The molecule has 4 nitrogen and oxygen atoms in total. The van der Waals surface area contributed by atoms with Gasteiger partial charge in [-0.15, -0.1) is 0 Å². The Morgan fingerprint density at radius 2 is 1.81 bits per heavy atom. The molecule has 3 rings (SSSR count). The van der Waals surface area contributed by atoms with Gasteiger partial charge in [0.2, 0.25) is 0 Å². The average molecular weight is 357 g/mol. The van der Waals surface area contributed by atoms with Crippen LogP contribution in [-0.2, 0) is 6.54 Å². The molecule has 0 unspecified atom stereocenters. The number of carbonyl (C=O) groups excluding carboxylic acids is 1. The Kier molecular flexibility index (Phi) is 5.31. The molecule has 0 aliphatic carbocycles. The van der Waals surface area contributed by atoms with Gasteiger partial charge in [0.05, 0.1) is 7.11 Å². The fourth-order valence-corrected chi connectivity index (χ4v) is 2.72. The largest absolute Gasteiger partial charge is 0.493 e. The number of hydrogen-bond acceptors (Lipinski definition) is 3. The minimum Gasteiger partial charge on any atom is -0.493 e. The molecule has 134 valence electrons. The van der Waals surface area contributed by atoms with Crippen molar-refractivity contribution in [3.8, 4) is 11.5 Å². The van der Waals surface area contributed by atoms with Crippen LogP contribution >= 0.6 is 0 Å². The second-order valence-corrected chi connectivity index (χ2v) is 5.57. The summed E-state index contributed by atoms with van der Waals surface area (Å²) < 4.78 is 34.2. The first kappa shape index (κ1) is 17.7. The van der Waals surface area contributed by atoms with Crippen molar-refractivity contribution in [3.63, 3.8) is 0 Å². The van der Waals surface area contributed by atoms with E-state index in [1.54, 1.807) is 18.2 Å². The Bertz CT molecular complexity index is 923. The van der Waals surface area contributed by atoms with Crippen LogP contribution in [0.2, 0.25) is 0 Å². The molecule has 0 spiro atoms. The van der Waals surface area contributed by atoms with Gasteiger partial charge >= 0.3 is 6.61 Å². The van der Waals surface area contributed by atoms with Crippen LogP contribution in [0.4, 0.5) is 8.78 Å². The van der Waals surface area contributed by atoms with Gasteiger partial charge < -0.3 is 14.8 Å². The zero-order chi connectivity index (χ0) is 18.5. The van der Waals surface area contributed by atoms with Gasteiger partial charge in [-0.05, 0) is 34.5 Å². The van der Waals surface area contributed by atoms with Gasteiger partial charge in [0.1, 0.15) is 0 Å². The average Bonchev–Trinajstić information content (AvgIpc) is 2.66. The molecule has 6 heteroatoms. The van der Waals surface area contributed by atoms with E-state index >= 15 is 0 Å². The maximum atomic E-state index is 12.5. The molecule has 1 N–H and O–H groups in total. The first-order valence-corrected chi connectivity index (χ1v) is 7.96. The van der Waals surface area contributed by atoms with Crippen molar-refractivity contribution in [1.82, 2.24) is 5.32 Å². The van der Waals surface area contributed by atoms with Gasteiger partial charge in [0.15, 0.2) is 11.5 Å². The highest BCUT2D eigenvalue weighted by Gasteiger charge is 2.13. The summed E-state index contributed by atoms with van der Waals surface area (Å²) in [4.78, 5) is 12.5. The van der Waals surface area contributed by atoms with E-state index in [9.17, 15) is 13.6 Å². The predicted octanol–water partition coefficient (Wildman–Crippen LogP) is 4.38. The van der Waals surface area contributed by atoms with Crippen LogP contribution in [0.5, 0.6) is 11.5 Å². The maximum absolute atomic E-state index is 12.5. The summed E-state index contributed by atoms with van der Waals surface area (Å²) in [6.07, 6.45) is 0. The molecule has 3 aromatic carbocycles. The van der Waals surface area contributed by atoms with E-state index in [1.165, 1.54) is 13.2 Å². The Labute approximate surface area is 149 Å². The predicted molar refractivity (Wildman–Crippen MR) is 94.7 cm³/mol. The van der Waals surface area contributed by atoms with Crippen molar-refractivity contribution in [2.45, 2.75) is 13.2 Å². The molecule has 0 radical (unpaired) electrons. The van der Waals surface area contributed by atoms with Crippen LogP contribution in [-0.4, -0.2) is 19.6 Å². The zero-order valence-electron chi connectivity index (χ0n) is 14.0. The molecule has 0 aliphatic heterocycles. The number of methoxy groups -OCH3 is 1. The summed E-state index contributed by atoms with van der Waals surface area (Å²) >= 11 is 0. The molecular formula is C20H17F2NO3. The number of halogens is 2. The number of fused-ring (bicyclic) bond motifs is 1. The number of carbonyl (C=O) groups is 1. The zero-order valence-corrected chi connectivity index (χ0v) is 14.0. The lowest BCUT2D eigenvalue weighted by molar-refractivity contribution is -0.0512. The molecule has 1 amide bonds. The number of amides is 1. The Balaban J connectivity index is 1.75. The topological polar surface area (TPSA) is 47.6 Å². The van der Waals surface area contributed by atoms with E-state index in [-0.39, 0.29) is 24.0 Å². The third kappa shape index (κ3) is 3.91. The number of hydrogen-bond donors (Lipinski definition) is 1. The van der Waals surface area contributed by atoms with Crippen LogP contribution in [0.15, 0.2) is 60.7 Å². The Morgan fingerprint density at radius 3 is 2.58 bits per heavy atom. The molecule has 0 heterocycles. The van der Waals surface area contributed by atoms with Gasteiger partial charge in [0.25, 0.3) is 5.91 Å². The molecular weight excluding hydrogens is 340 g/mol. The molecule has 26 heavy (non-hydrogen) atoms. The fourth-order valence-electron chi connectivity index (χ4n) is 2.72.